The molecule has 0 radical (unpaired) electrons. The largest absolute Gasteiger partial charge is 0.492 e. The van der Waals surface area contributed by atoms with Gasteiger partial charge < -0.3 is 14.5 Å². The summed E-state index contributed by atoms with van der Waals surface area (Å²) < 4.78 is 11.0. The molecule has 4 nitrogen and oxygen atoms in total. The van der Waals surface area contributed by atoms with Crippen LogP contribution in [0.4, 0.5) is 0 Å². The Morgan fingerprint density at radius 2 is 1.88 bits per heavy atom. The number of nitrogens with one attached hydrogen (secondary N) is 1. The zero-order valence-electron chi connectivity index (χ0n) is 14.0. The number of hydrogen-bond acceptors (Lipinski definition) is 4. The van der Waals surface area contributed by atoms with Crippen LogP contribution in [0.2, 0.25) is 0 Å². The molecule has 3 aromatic rings. The van der Waals surface area contributed by atoms with Crippen molar-refractivity contribution in [3.05, 3.63) is 75.6 Å². The van der Waals surface area contributed by atoms with Crippen molar-refractivity contribution in [2.24, 2.45) is 0 Å². The van der Waals surface area contributed by atoms with E-state index in [0.29, 0.717) is 25.3 Å². The molecular weight excluding hydrogens is 302 g/mol. The molecule has 0 saturated heterocycles. The topological polar surface area (TPSA) is 51.5 Å². The molecule has 0 fully saturated rings. The summed E-state index contributed by atoms with van der Waals surface area (Å²) in [5, 5.41) is 4.30. The van der Waals surface area contributed by atoms with E-state index in [1.807, 2.05) is 50.2 Å². The van der Waals surface area contributed by atoms with Gasteiger partial charge >= 0.3 is 5.63 Å². The number of rotatable bonds is 6. The number of ether oxygens (including phenoxy) is 1. The highest BCUT2D eigenvalue weighted by Crippen LogP contribution is 2.23. The van der Waals surface area contributed by atoms with Crippen LogP contribution in [-0.4, -0.2) is 13.2 Å². The van der Waals surface area contributed by atoms with Crippen molar-refractivity contribution in [1.82, 2.24) is 5.32 Å². The molecule has 0 bridgehead atoms. The minimum Gasteiger partial charge on any atom is -0.492 e. The van der Waals surface area contributed by atoms with E-state index in [1.54, 1.807) is 6.07 Å². The molecule has 1 heterocycles. The Bertz CT molecular complexity index is 885. The highest BCUT2D eigenvalue weighted by molar-refractivity contribution is 5.83. The summed E-state index contributed by atoms with van der Waals surface area (Å²) in [6, 6.07) is 15.3. The van der Waals surface area contributed by atoms with Crippen LogP contribution in [0.5, 0.6) is 5.75 Å². The molecule has 0 unspecified atom stereocenters. The van der Waals surface area contributed by atoms with E-state index in [9.17, 15) is 4.79 Å². The first-order valence-electron chi connectivity index (χ1n) is 8.06. The molecule has 0 atom stereocenters. The lowest BCUT2D eigenvalue weighted by Crippen LogP contribution is -2.21. The van der Waals surface area contributed by atoms with Gasteiger partial charge in [-0.05, 0) is 42.7 Å². The van der Waals surface area contributed by atoms with Crippen LogP contribution in [0.25, 0.3) is 11.0 Å². The van der Waals surface area contributed by atoms with Crippen molar-refractivity contribution >= 4 is 11.0 Å². The van der Waals surface area contributed by atoms with Crippen LogP contribution in [0.15, 0.2) is 57.7 Å². The second-order valence-electron chi connectivity index (χ2n) is 5.81. The van der Waals surface area contributed by atoms with Crippen LogP contribution < -0.4 is 15.7 Å². The summed E-state index contributed by atoms with van der Waals surface area (Å²) in [4.78, 5) is 11.8. The second-order valence-corrected chi connectivity index (χ2v) is 5.81. The average Bonchev–Trinajstić information content (AvgIpc) is 2.59. The van der Waals surface area contributed by atoms with Gasteiger partial charge in [0.15, 0.2) is 0 Å². The van der Waals surface area contributed by atoms with Crippen LogP contribution in [0.3, 0.4) is 0 Å². The van der Waals surface area contributed by atoms with Gasteiger partial charge in [-0.25, -0.2) is 4.79 Å². The number of fused-ring (bicyclic) bond motifs is 1. The molecule has 124 valence electrons. The standard InChI is InChI=1S/C20H21NO3/c1-14-8-9-18-16(12-19(22)24-20(18)15(14)2)13-21-10-11-23-17-6-4-3-5-7-17/h3-9,12,21H,10-11,13H2,1-2H3. The summed E-state index contributed by atoms with van der Waals surface area (Å²) in [5.41, 5.74) is 3.45. The Balaban J connectivity index is 1.65. The number of para-hydroxylation sites is 1. The molecule has 24 heavy (non-hydrogen) atoms. The molecule has 3 rings (SSSR count). The van der Waals surface area contributed by atoms with Crippen LogP contribution >= 0.6 is 0 Å². The van der Waals surface area contributed by atoms with Gasteiger partial charge in [0.2, 0.25) is 0 Å². The van der Waals surface area contributed by atoms with Crippen molar-refractivity contribution < 1.29 is 9.15 Å². The Morgan fingerprint density at radius 1 is 1.08 bits per heavy atom. The molecule has 0 aliphatic heterocycles. The first-order chi connectivity index (χ1) is 11.6. The quantitative estimate of drug-likeness (QED) is 0.556. The van der Waals surface area contributed by atoms with E-state index in [1.165, 1.54) is 0 Å². The second kappa shape index (κ2) is 7.32. The molecule has 4 heteroatoms. The van der Waals surface area contributed by atoms with Crippen molar-refractivity contribution in [1.29, 1.82) is 0 Å². The minimum atomic E-state index is -0.312. The first kappa shape index (κ1) is 16.3. The van der Waals surface area contributed by atoms with Crippen molar-refractivity contribution in [3.8, 4) is 5.75 Å². The van der Waals surface area contributed by atoms with E-state index in [4.69, 9.17) is 9.15 Å². The van der Waals surface area contributed by atoms with Gasteiger partial charge in [-0.1, -0.05) is 30.3 Å². The van der Waals surface area contributed by atoms with Crippen LogP contribution in [0.1, 0.15) is 16.7 Å². The Morgan fingerprint density at radius 3 is 2.67 bits per heavy atom. The van der Waals surface area contributed by atoms with Gasteiger partial charge in [0, 0.05) is 24.5 Å². The molecule has 1 N–H and O–H groups in total. The number of aryl methyl sites for hydroxylation is 2. The summed E-state index contributed by atoms with van der Waals surface area (Å²) in [6.07, 6.45) is 0. The fourth-order valence-corrected chi connectivity index (χ4v) is 2.65. The van der Waals surface area contributed by atoms with Gasteiger partial charge in [0.1, 0.15) is 17.9 Å². The van der Waals surface area contributed by atoms with Crippen molar-refractivity contribution in [2.45, 2.75) is 20.4 Å². The Kier molecular flexibility index (Phi) is 4.96. The third-order valence-electron chi connectivity index (χ3n) is 4.12. The Labute approximate surface area is 141 Å². The SMILES string of the molecule is Cc1ccc2c(CNCCOc3ccccc3)cc(=O)oc2c1C. The maximum absolute atomic E-state index is 11.8. The predicted octanol–water partition coefficient (Wildman–Crippen LogP) is 3.58. The molecule has 0 amide bonds. The third kappa shape index (κ3) is 3.66. The summed E-state index contributed by atoms with van der Waals surface area (Å²) in [7, 11) is 0. The minimum absolute atomic E-state index is 0.312. The number of benzene rings is 2. The normalized spacial score (nSPS) is 10.9. The summed E-state index contributed by atoms with van der Waals surface area (Å²) in [6.45, 7) is 5.86. The number of hydrogen-bond donors (Lipinski definition) is 1. The average molecular weight is 323 g/mol. The lowest BCUT2D eigenvalue weighted by Gasteiger charge is -2.10. The maximum Gasteiger partial charge on any atom is 0.336 e. The fourth-order valence-electron chi connectivity index (χ4n) is 2.65. The van der Waals surface area contributed by atoms with Gasteiger partial charge in [-0.3, -0.25) is 0 Å². The summed E-state index contributed by atoms with van der Waals surface area (Å²) in [5.74, 6) is 0.858. The first-order valence-corrected chi connectivity index (χ1v) is 8.06. The van der Waals surface area contributed by atoms with Gasteiger partial charge in [0.05, 0.1) is 0 Å². The zero-order chi connectivity index (χ0) is 16.9. The highest BCUT2D eigenvalue weighted by atomic mass is 16.5. The van der Waals surface area contributed by atoms with Crippen molar-refractivity contribution in [2.75, 3.05) is 13.2 Å². The van der Waals surface area contributed by atoms with E-state index < -0.39 is 0 Å². The monoisotopic (exact) mass is 323 g/mol. The van der Waals surface area contributed by atoms with Gasteiger partial charge in [0.25, 0.3) is 0 Å². The van der Waals surface area contributed by atoms with E-state index >= 15 is 0 Å². The summed E-state index contributed by atoms with van der Waals surface area (Å²) >= 11 is 0. The van der Waals surface area contributed by atoms with E-state index in [-0.39, 0.29) is 5.63 Å². The molecule has 0 saturated carbocycles. The van der Waals surface area contributed by atoms with Crippen LogP contribution in [0, 0.1) is 13.8 Å². The van der Waals surface area contributed by atoms with Crippen molar-refractivity contribution in [3.63, 3.8) is 0 Å². The smallest absolute Gasteiger partial charge is 0.336 e. The molecule has 0 aliphatic rings. The molecule has 2 aromatic carbocycles. The lowest BCUT2D eigenvalue weighted by atomic mass is 10.0. The third-order valence-corrected chi connectivity index (χ3v) is 4.12. The van der Waals surface area contributed by atoms with E-state index in [0.717, 1.165) is 27.8 Å². The fraction of sp³-hybridized carbons (Fsp3) is 0.250. The molecule has 0 aliphatic carbocycles. The molecular formula is C20H21NO3. The predicted molar refractivity (Wildman–Crippen MR) is 95.6 cm³/mol. The van der Waals surface area contributed by atoms with Gasteiger partial charge in [-0.2, -0.15) is 0 Å². The Hall–Kier alpha value is -2.59. The highest BCUT2D eigenvalue weighted by Gasteiger charge is 2.09. The zero-order valence-corrected chi connectivity index (χ0v) is 14.0. The van der Waals surface area contributed by atoms with E-state index in [2.05, 4.69) is 11.4 Å². The lowest BCUT2D eigenvalue weighted by molar-refractivity contribution is 0.313. The molecule has 0 spiro atoms. The molecule has 1 aromatic heterocycles. The van der Waals surface area contributed by atoms with Gasteiger partial charge in [-0.15, -0.1) is 0 Å². The van der Waals surface area contributed by atoms with Crippen LogP contribution in [-0.2, 0) is 6.54 Å². The maximum atomic E-state index is 11.8.